The number of nitrogens with one attached hydrogen (secondary N) is 1. The highest BCUT2D eigenvalue weighted by molar-refractivity contribution is 7.14. The highest BCUT2D eigenvalue weighted by atomic mass is 32.1. The maximum absolute atomic E-state index is 11.3. The van der Waals surface area contributed by atoms with E-state index in [1.54, 1.807) is 18.3 Å². The van der Waals surface area contributed by atoms with Gasteiger partial charge in [0.15, 0.2) is 0 Å². The molecule has 1 aliphatic heterocycles. The fraction of sp³-hybridized carbons (Fsp3) is 0.357. The second-order valence-electron chi connectivity index (χ2n) is 4.90. The molecule has 1 aliphatic rings. The number of thiophene rings is 1. The molecule has 0 aromatic carbocycles. The average Bonchev–Trinajstić information content (AvgIpc) is 2.97. The molecule has 0 atom stereocenters. The lowest BCUT2D eigenvalue weighted by molar-refractivity contribution is 0.0331. The Morgan fingerprint density at radius 1 is 1.41 bits per heavy atom. The number of carbonyl (C=O) groups excluding carboxylic acids is 1. The van der Waals surface area contributed by atoms with Crippen molar-refractivity contribution in [3.8, 4) is 0 Å². The van der Waals surface area contributed by atoms with Crippen molar-refractivity contribution in [1.29, 1.82) is 0 Å². The van der Waals surface area contributed by atoms with E-state index in [0.29, 0.717) is 22.9 Å². The fourth-order valence-corrected chi connectivity index (χ4v) is 3.02. The molecule has 0 unspecified atom stereocenters. The number of nitrogens with two attached hydrogens (primary N) is 1. The minimum absolute atomic E-state index is 0.452. The number of morpholine rings is 1. The van der Waals surface area contributed by atoms with Crippen LogP contribution in [0.2, 0.25) is 0 Å². The zero-order chi connectivity index (χ0) is 15.4. The van der Waals surface area contributed by atoms with Gasteiger partial charge in [0.1, 0.15) is 16.6 Å². The number of anilines is 2. The number of primary amides is 1. The van der Waals surface area contributed by atoms with Gasteiger partial charge < -0.3 is 15.8 Å². The monoisotopic (exact) mass is 319 g/mol. The molecule has 1 saturated heterocycles. The summed E-state index contributed by atoms with van der Waals surface area (Å²) in [7, 11) is 0. The van der Waals surface area contributed by atoms with Gasteiger partial charge in [-0.05, 0) is 17.5 Å². The van der Waals surface area contributed by atoms with Crippen LogP contribution in [0.3, 0.4) is 0 Å². The Morgan fingerprint density at radius 2 is 2.23 bits per heavy atom. The standard InChI is InChI=1S/C14H17N5O2S/c15-13(20)10-2-8-22-14(10)18-11-1-3-16-12(17-11)9-19-4-6-21-7-5-19/h1-3,8H,4-7,9H2,(H2,15,20)(H,16,17,18). The number of carbonyl (C=O) groups is 1. The van der Waals surface area contributed by atoms with Crippen molar-refractivity contribution in [1.82, 2.24) is 14.9 Å². The molecule has 3 rings (SSSR count). The summed E-state index contributed by atoms with van der Waals surface area (Å²) in [5.74, 6) is 0.943. The van der Waals surface area contributed by atoms with Crippen molar-refractivity contribution in [2.45, 2.75) is 6.54 Å². The third kappa shape index (κ3) is 3.59. The first-order valence-corrected chi connectivity index (χ1v) is 7.86. The number of nitrogens with zero attached hydrogens (tertiary/aromatic N) is 3. The normalized spacial score (nSPS) is 15.6. The smallest absolute Gasteiger partial charge is 0.251 e. The quantitative estimate of drug-likeness (QED) is 0.860. The molecule has 3 heterocycles. The van der Waals surface area contributed by atoms with Crippen LogP contribution in [-0.4, -0.2) is 47.1 Å². The van der Waals surface area contributed by atoms with E-state index >= 15 is 0 Å². The minimum atomic E-state index is -0.452. The zero-order valence-electron chi connectivity index (χ0n) is 12.0. The van der Waals surface area contributed by atoms with Gasteiger partial charge in [-0.2, -0.15) is 0 Å². The Kier molecular flexibility index (Phi) is 4.62. The Hall–Kier alpha value is -2.03. The molecule has 3 N–H and O–H groups in total. The first kappa shape index (κ1) is 14.9. The summed E-state index contributed by atoms with van der Waals surface area (Å²) >= 11 is 1.41. The van der Waals surface area contributed by atoms with Crippen LogP contribution >= 0.6 is 11.3 Å². The van der Waals surface area contributed by atoms with Crippen LogP contribution in [0.1, 0.15) is 16.2 Å². The lowest BCUT2D eigenvalue weighted by Crippen LogP contribution is -2.36. The molecule has 0 saturated carbocycles. The van der Waals surface area contributed by atoms with Crippen molar-refractivity contribution in [3.05, 3.63) is 35.1 Å². The minimum Gasteiger partial charge on any atom is -0.379 e. The second kappa shape index (κ2) is 6.82. The van der Waals surface area contributed by atoms with Gasteiger partial charge in [-0.1, -0.05) is 0 Å². The van der Waals surface area contributed by atoms with Gasteiger partial charge in [0.2, 0.25) is 0 Å². The lowest BCUT2D eigenvalue weighted by atomic mass is 10.3. The summed E-state index contributed by atoms with van der Waals surface area (Å²) in [4.78, 5) is 22.4. The van der Waals surface area contributed by atoms with Gasteiger partial charge in [-0.15, -0.1) is 11.3 Å². The summed E-state index contributed by atoms with van der Waals surface area (Å²) < 4.78 is 5.33. The first-order valence-electron chi connectivity index (χ1n) is 6.99. The van der Waals surface area contributed by atoms with Crippen molar-refractivity contribution >= 4 is 28.1 Å². The first-order chi connectivity index (χ1) is 10.7. The topological polar surface area (TPSA) is 93.4 Å². The number of hydrogen-bond donors (Lipinski definition) is 2. The van der Waals surface area contributed by atoms with Crippen LogP contribution < -0.4 is 11.1 Å². The molecule has 1 fully saturated rings. The molecule has 7 nitrogen and oxygen atoms in total. The van der Waals surface area contributed by atoms with Gasteiger partial charge in [0, 0.05) is 19.3 Å². The highest BCUT2D eigenvalue weighted by Crippen LogP contribution is 2.25. The molecule has 0 radical (unpaired) electrons. The summed E-state index contributed by atoms with van der Waals surface area (Å²) in [6, 6.07) is 3.47. The number of hydrogen-bond acceptors (Lipinski definition) is 7. The molecule has 0 aliphatic carbocycles. The third-order valence-corrected chi connectivity index (χ3v) is 4.18. The summed E-state index contributed by atoms with van der Waals surface area (Å²) in [5, 5.41) is 5.65. The SMILES string of the molecule is NC(=O)c1ccsc1Nc1ccnc(CN2CCOCC2)n1. The average molecular weight is 319 g/mol. The number of ether oxygens (including phenoxy) is 1. The van der Waals surface area contributed by atoms with Crippen LogP contribution in [0, 0.1) is 0 Å². The molecule has 0 spiro atoms. The Morgan fingerprint density at radius 3 is 3.00 bits per heavy atom. The van der Waals surface area contributed by atoms with Crippen LogP contribution in [0.4, 0.5) is 10.8 Å². The largest absolute Gasteiger partial charge is 0.379 e. The predicted molar refractivity (Wildman–Crippen MR) is 84.2 cm³/mol. The van der Waals surface area contributed by atoms with E-state index in [0.717, 1.165) is 32.1 Å². The van der Waals surface area contributed by atoms with Crippen molar-refractivity contribution < 1.29 is 9.53 Å². The lowest BCUT2D eigenvalue weighted by Gasteiger charge is -2.25. The van der Waals surface area contributed by atoms with E-state index in [-0.39, 0.29) is 0 Å². The van der Waals surface area contributed by atoms with E-state index in [1.807, 2.05) is 5.38 Å². The molecule has 2 aromatic heterocycles. The number of rotatable bonds is 5. The van der Waals surface area contributed by atoms with Crippen molar-refractivity contribution in [2.24, 2.45) is 5.73 Å². The van der Waals surface area contributed by atoms with Gasteiger partial charge in [0.25, 0.3) is 5.91 Å². The van der Waals surface area contributed by atoms with Gasteiger partial charge >= 0.3 is 0 Å². The molecular formula is C14H17N5O2S. The fourth-order valence-electron chi connectivity index (χ4n) is 2.22. The molecule has 8 heteroatoms. The molecule has 116 valence electrons. The second-order valence-corrected chi connectivity index (χ2v) is 5.82. The Labute approximate surface area is 132 Å². The van der Waals surface area contributed by atoms with E-state index in [2.05, 4.69) is 20.2 Å². The van der Waals surface area contributed by atoms with Gasteiger partial charge in [-0.25, -0.2) is 9.97 Å². The molecule has 2 aromatic rings. The van der Waals surface area contributed by atoms with E-state index < -0.39 is 5.91 Å². The Bertz CT molecular complexity index is 654. The number of amides is 1. The van der Waals surface area contributed by atoms with Crippen LogP contribution in [0.25, 0.3) is 0 Å². The van der Waals surface area contributed by atoms with E-state index in [9.17, 15) is 4.79 Å². The molecule has 1 amide bonds. The van der Waals surface area contributed by atoms with Crippen LogP contribution in [0.5, 0.6) is 0 Å². The van der Waals surface area contributed by atoms with Crippen LogP contribution in [-0.2, 0) is 11.3 Å². The maximum atomic E-state index is 11.3. The van der Waals surface area contributed by atoms with Crippen LogP contribution in [0.15, 0.2) is 23.7 Å². The van der Waals surface area contributed by atoms with Gasteiger partial charge in [-0.3, -0.25) is 9.69 Å². The maximum Gasteiger partial charge on any atom is 0.251 e. The molecular weight excluding hydrogens is 302 g/mol. The predicted octanol–water partition coefficient (Wildman–Crippen LogP) is 1.21. The Balaban J connectivity index is 1.70. The van der Waals surface area contributed by atoms with Crippen molar-refractivity contribution in [2.75, 3.05) is 31.6 Å². The van der Waals surface area contributed by atoms with Crippen molar-refractivity contribution in [3.63, 3.8) is 0 Å². The summed E-state index contributed by atoms with van der Waals surface area (Å²) in [6.45, 7) is 3.95. The highest BCUT2D eigenvalue weighted by Gasteiger charge is 2.13. The van der Waals surface area contributed by atoms with Gasteiger partial charge in [0.05, 0.1) is 25.3 Å². The summed E-state index contributed by atoms with van der Waals surface area (Å²) in [5.41, 5.74) is 5.81. The van der Waals surface area contributed by atoms with E-state index in [4.69, 9.17) is 10.5 Å². The number of aromatic nitrogens is 2. The molecule has 0 bridgehead atoms. The molecule has 22 heavy (non-hydrogen) atoms. The van der Waals surface area contributed by atoms with E-state index in [1.165, 1.54) is 11.3 Å². The third-order valence-electron chi connectivity index (χ3n) is 3.35. The summed E-state index contributed by atoms with van der Waals surface area (Å²) in [6.07, 6.45) is 1.71. The zero-order valence-corrected chi connectivity index (χ0v) is 12.8.